The molecule has 0 unspecified atom stereocenters. The van der Waals surface area contributed by atoms with E-state index in [-0.39, 0.29) is 47.3 Å². The van der Waals surface area contributed by atoms with E-state index < -0.39 is 42.3 Å². The summed E-state index contributed by atoms with van der Waals surface area (Å²) in [5.41, 5.74) is 11.2. The molecule has 390 valence electrons. The molecule has 0 bridgehead atoms. The molecule has 0 saturated carbocycles. The molecular weight excluding hydrogens is 999 g/mol. The normalized spacial score (nSPS) is 11.3. The Bertz CT molecular complexity index is 3030. The van der Waals surface area contributed by atoms with Gasteiger partial charge in [0.1, 0.15) is 40.4 Å². The van der Waals surface area contributed by atoms with Gasteiger partial charge in [0.15, 0.2) is 0 Å². The molecular formula is C53H45F12N5O4. The molecule has 0 aliphatic heterocycles. The molecule has 21 heteroatoms. The predicted octanol–water partition coefficient (Wildman–Crippen LogP) is 14.2. The first-order chi connectivity index (χ1) is 34.7. The highest BCUT2D eigenvalue weighted by atomic mass is 19.4. The molecule has 0 fully saturated rings. The number of amides is 1. The van der Waals surface area contributed by atoms with Gasteiger partial charge >= 0.3 is 19.1 Å². The Hall–Kier alpha value is -8.20. The highest BCUT2D eigenvalue weighted by molar-refractivity contribution is 5.93. The topological polar surface area (TPSA) is 104 Å². The number of halogens is 12. The minimum atomic E-state index is -4.81. The van der Waals surface area contributed by atoms with Crippen LogP contribution in [0.1, 0.15) is 41.0 Å². The zero-order valence-electron chi connectivity index (χ0n) is 39.4. The number of aromatic nitrogens is 2. The lowest BCUT2D eigenvalue weighted by atomic mass is 10.0. The summed E-state index contributed by atoms with van der Waals surface area (Å²) in [6, 6.07) is 28.3. The van der Waals surface area contributed by atoms with Crippen LogP contribution in [0.2, 0.25) is 0 Å². The van der Waals surface area contributed by atoms with Gasteiger partial charge in [-0.25, -0.2) is 18.2 Å². The molecule has 0 aliphatic rings. The number of carbonyl (C=O) groups is 1. The van der Waals surface area contributed by atoms with E-state index in [2.05, 4.69) is 37.7 Å². The van der Waals surface area contributed by atoms with E-state index in [1.165, 1.54) is 78.0 Å². The maximum absolute atomic E-state index is 14.4. The summed E-state index contributed by atoms with van der Waals surface area (Å²) >= 11 is 0. The number of hydrogen-bond acceptors (Lipinski definition) is 7. The van der Waals surface area contributed by atoms with Gasteiger partial charge in [-0.15, -0.1) is 39.5 Å². The number of alkyl halides is 9. The number of nitrogens with two attached hydrogens (primary N) is 1. The Labute approximate surface area is 416 Å². The first-order valence-corrected chi connectivity index (χ1v) is 21.7. The van der Waals surface area contributed by atoms with Gasteiger partial charge in [0.05, 0.1) is 12.9 Å². The fraction of sp³-hybridized carbons (Fsp3) is 0.170. The van der Waals surface area contributed by atoms with Crippen LogP contribution >= 0.6 is 0 Å². The van der Waals surface area contributed by atoms with Crippen LogP contribution in [0.3, 0.4) is 0 Å². The molecule has 0 radical (unpaired) electrons. The number of allylic oxidation sites excluding steroid dienone is 2. The van der Waals surface area contributed by atoms with Crippen molar-refractivity contribution in [3.8, 4) is 50.6 Å². The quantitative estimate of drug-likeness (QED) is 0.105. The van der Waals surface area contributed by atoms with Gasteiger partial charge in [0, 0.05) is 54.4 Å². The predicted molar refractivity (Wildman–Crippen MR) is 253 cm³/mol. The first-order valence-electron chi connectivity index (χ1n) is 21.7. The van der Waals surface area contributed by atoms with Crippen molar-refractivity contribution in [1.29, 1.82) is 0 Å². The number of benzene rings is 6. The highest BCUT2D eigenvalue weighted by Gasteiger charge is 2.32. The molecule has 74 heavy (non-hydrogen) atoms. The second-order valence-corrected chi connectivity index (χ2v) is 16.0. The largest absolute Gasteiger partial charge is 0.573 e. The highest BCUT2D eigenvalue weighted by Crippen LogP contribution is 2.32. The zero-order valence-corrected chi connectivity index (χ0v) is 39.4. The second-order valence-electron chi connectivity index (χ2n) is 16.0. The SMILES string of the molecule is C=C(C)N(Cc1ccc(F)c(-c2ccc(OC(F)(F)F)cc2)c1)C(=O)c1cn(C)cn1.C=C(C)NCc1ccc(F)c(-c2ccc(OC(F)(F)F)cc2)c1.NCc1ccc(F)c(-c2ccc(OC(F)(F)F)cc2)c1. The average molecular weight is 1040 g/mol. The Kier molecular flexibility index (Phi) is 18.8. The molecule has 7 aromatic rings. The molecule has 6 aromatic carbocycles. The second kappa shape index (κ2) is 24.5. The van der Waals surface area contributed by atoms with Gasteiger partial charge in [-0.05, 0) is 120 Å². The van der Waals surface area contributed by atoms with Crippen LogP contribution in [0.25, 0.3) is 33.4 Å². The van der Waals surface area contributed by atoms with Gasteiger partial charge in [-0.3, -0.25) is 4.79 Å². The third-order valence-corrected chi connectivity index (χ3v) is 10.1. The summed E-state index contributed by atoms with van der Waals surface area (Å²) < 4.78 is 165. The average Bonchev–Trinajstić information content (AvgIpc) is 3.76. The molecule has 0 spiro atoms. The first kappa shape index (κ1) is 56.7. The van der Waals surface area contributed by atoms with Crippen molar-refractivity contribution in [2.75, 3.05) is 0 Å². The molecule has 0 atom stereocenters. The number of hydrogen-bond donors (Lipinski definition) is 2. The molecule has 1 aromatic heterocycles. The fourth-order valence-corrected chi connectivity index (χ4v) is 6.70. The number of aryl methyl sites for hydroxylation is 1. The van der Waals surface area contributed by atoms with Crippen LogP contribution < -0.4 is 25.3 Å². The van der Waals surface area contributed by atoms with Crippen LogP contribution in [0.5, 0.6) is 17.2 Å². The number of imidazole rings is 1. The standard InChI is InChI=1S/C22H19F4N3O2.C17H15F4NO.C14H11F4NO/c1-14(2)29(21(30)20-12-28(3)13-27-20)11-15-4-9-19(23)18(10-15)16-5-7-17(8-6-16)31-22(24,25)26;1-11(2)22-10-12-3-8-16(18)15(9-12)13-4-6-14(7-5-13)23-17(19,20)21;15-13-6-1-9(8-19)7-12(13)10-2-4-11(5-3-10)20-14(16,17)18/h4-10,12-13H,1,11H2,2-3H3;3-9,22H,1,10H2,2H3;1-7H,8,19H2. The molecule has 0 aliphatic carbocycles. The number of nitrogens with one attached hydrogen (secondary N) is 1. The fourth-order valence-electron chi connectivity index (χ4n) is 6.70. The third-order valence-electron chi connectivity index (χ3n) is 10.1. The van der Waals surface area contributed by atoms with E-state index in [0.717, 1.165) is 53.2 Å². The smallest absolute Gasteiger partial charge is 0.406 e. The van der Waals surface area contributed by atoms with Crippen molar-refractivity contribution in [2.24, 2.45) is 12.8 Å². The third kappa shape index (κ3) is 17.5. The van der Waals surface area contributed by atoms with Crippen LogP contribution in [0.4, 0.5) is 52.7 Å². The molecule has 0 saturated heterocycles. The summed E-state index contributed by atoms with van der Waals surface area (Å²) in [5.74, 6) is -2.92. The van der Waals surface area contributed by atoms with Gasteiger partial charge in [-0.2, -0.15) is 0 Å². The van der Waals surface area contributed by atoms with Crippen LogP contribution in [-0.4, -0.2) is 39.4 Å². The Balaban J connectivity index is 0.000000211. The van der Waals surface area contributed by atoms with E-state index in [0.29, 0.717) is 40.1 Å². The lowest BCUT2D eigenvalue weighted by Gasteiger charge is -2.22. The minimum Gasteiger partial charge on any atom is -0.406 e. The lowest BCUT2D eigenvalue weighted by Crippen LogP contribution is -2.28. The van der Waals surface area contributed by atoms with Gasteiger partial charge in [-0.1, -0.05) is 67.8 Å². The number of rotatable bonds is 14. The van der Waals surface area contributed by atoms with Crippen LogP contribution in [-0.2, 0) is 26.7 Å². The van der Waals surface area contributed by atoms with Crippen molar-refractivity contribution in [3.05, 3.63) is 204 Å². The Morgan fingerprint density at radius 1 is 0.595 bits per heavy atom. The van der Waals surface area contributed by atoms with Crippen molar-refractivity contribution in [2.45, 2.75) is 52.6 Å². The van der Waals surface area contributed by atoms with Gasteiger partial charge < -0.3 is 34.7 Å². The Morgan fingerprint density at radius 2 is 0.959 bits per heavy atom. The van der Waals surface area contributed by atoms with E-state index in [1.54, 1.807) is 49.0 Å². The molecule has 9 nitrogen and oxygen atoms in total. The van der Waals surface area contributed by atoms with Crippen molar-refractivity contribution in [3.63, 3.8) is 0 Å². The van der Waals surface area contributed by atoms with E-state index in [4.69, 9.17) is 5.73 Å². The van der Waals surface area contributed by atoms with Crippen LogP contribution in [0.15, 0.2) is 164 Å². The van der Waals surface area contributed by atoms with Crippen LogP contribution in [0, 0.1) is 17.5 Å². The number of ether oxygens (including phenoxy) is 3. The summed E-state index contributed by atoms with van der Waals surface area (Å²) in [6.07, 6.45) is -11.2. The molecule has 1 heterocycles. The van der Waals surface area contributed by atoms with E-state index >= 15 is 0 Å². The van der Waals surface area contributed by atoms with Crippen molar-refractivity contribution >= 4 is 5.91 Å². The summed E-state index contributed by atoms with van der Waals surface area (Å²) in [7, 11) is 1.74. The van der Waals surface area contributed by atoms with E-state index in [1.807, 2.05) is 6.92 Å². The molecule has 1 amide bonds. The number of carbonyl (C=O) groups excluding carboxylic acids is 1. The van der Waals surface area contributed by atoms with Crippen molar-refractivity contribution < 1.29 is 71.7 Å². The monoisotopic (exact) mass is 1040 g/mol. The molecule has 7 rings (SSSR count). The Morgan fingerprint density at radius 3 is 1.30 bits per heavy atom. The summed E-state index contributed by atoms with van der Waals surface area (Å²) in [4.78, 5) is 18.3. The zero-order chi connectivity index (χ0) is 54.5. The lowest BCUT2D eigenvalue weighted by molar-refractivity contribution is -0.275. The van der Waals surface area contributed by atoms with E-state index in [9.17, 15) is 57.5 Å². The summed E-state index contributed by atoms with van der Waals surface area (Å²) in [5, 5.41) is 3.03. The maximum Gasteiger partial charge on any atom is 0.573 e. The number of nitrogens with zero attached hydrogens (tertiary/aromatic N) is 3. The molecule has 3 N–H and O–H groups in total. The maximum atomic E-state index is 14.4. The van der Waals surface area contributed by atoms with Crippen molar-refractivity contribution in [1.82, 2.24) is 19.8 Å². The van der Waals surface area contributed by atoms with Gasteiger partial charge in [0.25, 0.3) is 5.91 Å². The minimum absolute atomic E-state index is 0.118. The summed E-state index contributed by atoms with van der Waals surface area (Å²) in [6.45, 7) is 11.9. The van der Waals surface area contributed by atoms with Gasteiger partial charge in [0.2, 0.25) is 0 Å².